The first kappa shape index (κ1) is 23.2. The normalized spacial score (nSPS) is 15.6. The van der Waals surface area contributed by atoms with Gasteiger partial charge >= 0.3 is 5.97 Å². The standard InChI is InChI=1S/C21H19N3O6S2/c1-3-29-16-10-13(4-5-15(16)30-12(2)20(27)28)11-17-19(26)24(21(31)32-17)23-18(25)14-6-8-22-9-7-14/h4-12H,3H2,1-2H3,(H,23,25)(H,27,28)/b17-11+. The molecule has 2 heterocycles. The molecule has 166 valence electrons. The summed E-state index contributed by atoms with van der Waals surface area (Å²) in [5, 5.41) is 10.1. The molecule has 1 unspecified atom stereocenters. The van der Waals surface area contributed by atoms with Crippen molar-refractivity contribution in [1.29, 1.82) is 0 Å². The zero-order valence-electron chi connectivity index (χ0n) is 17.1. The first-order valence-corrected chi connectivity index (χ1v) is 10.7. The summed E-state index contributed by atoms with van der Waals surface area (Å²) in [6.45, 7) is 3.54. The van der Waals surface area contributed by atoms with Crippen LogP contribution in [0.2, 0.25) is 0 Å². The zero-order valence-corrected chi connectivity index (χ0v) is 18.7. The Balaban J connectivity index is 1.79. The number of aliphatic carboxylic acids is 1. The number of nitrogens with one attached hydrogen (secondary N) is 1. The maximum atomic E-state index is 12.8. The Hall–Kier alpha value is -3.44. The van der Waals surface area contributed by atoms with Crippen LogP contribution in [0.25, 0.3) is 6.08 Å². The minimum absolute atomic E-state index is 0.184. The molecule has 1 aromatic carbocycles. The van der Waals surface area contributed by atoms with Crippen LogP contribution in [0, 0.1) is 0 Å². The summed E-state index contributed by atoms with van der Waals surface area (Å²) in [7, 11) is 0. The molecule has 1 atom stereocenters. The molecular weight excluding hydrogens is 454 g/mol. The maximum absolute atomic E-state index is 12.8. The first-order valence-electron chi connectivity index (χ1n) is 9.45. The fraction of sp³-hybridized carbons (Fsp3) is 0.190. The van der Waals surface area contributed by atoms with Crippen molar-refractivity contribution in [2.45, 2.75) is 20.0 Å². The molecule has 3 rings (SSSR count). The molecule has 0 bridgehead atoms. The summed E-state index contributed by atoms with van der Waals surface area (Å²) >= 11 is 6.28. The van der Waals surface area contributed by atoms with Gasteiger partial charge in [-0.3, -0.25) is 20.0 Å². The van der Waals surface area contributed by atoms with Crippen molar-refractivity contribution in [2.75, 3.05) is 6.61 Å². The van der Waals surface area contributed by atoms with Gasteiger partial charge in [0, 0.05) is 18.0 Å². The third kappa shape index (κ3) is 5.42. The van der Waals surface area contributed by atoms with E-state index < -0.39 is 23.9 Å². The molecule has 0 saturated carbocycles. The van der Waals surface area contributed by atoms with Crippen molar-refractivity contribution in [1.82, 2.24) is 15.4 Å². The van der Waals surface area contributed by atoms with Gasteiger partial charge in [0.05, 0.1) is 11.5 Å². The van der Waals surface area contributed by atoms with E-state index in [4.69, 9.17) is 26.8 Å². The van der Waals surface area contributed by atoms with Gasteiger partial charge < -0.3 is 14.6 Å². The SMILES string of the molecule is CCOc1cc(/C=C2/SC(=S)N(NC(=O)c3ccncc3)C2=O)ccc1OC(C)C(=O)O. The molecule has 2 amide bonds. The van der Waals surface area contributed by atoms with Crippen LogP contribution in [0.4, 0.5) is 0 Å². The van der Waals surface area contributed by atoms with Crippen molar-refractivity contribution in [3.63, 3.8) is 0 Å². The number of thiocarbonyl (C=S) groups is 1. The number of carbonyl (C=O) groups excluding carboxylic acids is 2. The summed E-state index contributed by atoms with van der Waals surface area (Å²) in [5.74, 6) is -1.45. The third-order valence-electron chi connectivity index (χ3n) is 4.17. The van der Waals surface area contributed by atoms with E-state index in [1.54, 1.807) is 31.2 Å². The van der Waals surface area contributed by atoms with Crippen LogP contribution in [0.15, 0.2) is 47.6 Å². The van der Waals surface area contributed by atoms with E-state index in [0.29, 0.717) is 28.4 Å². The van der Waals surface area contributed by atoms with Crippen molar-refractivity contribution >= 4 is 52.2 Å². The van der Waals surface area contributed by atoms with E-state index in [9.17, 15) is 14.4 Å². The molecule has 0 aliphatic carbocycles. The average Bonchev–Trinajstić information content (AvgIpc) is 3.03. The van der Waals surface area contributed by atoms with E-state index in [1.165, 1.54) is 31.5 Å². The fourth-order valence-electron chi connectivity index (χ4n) is 2.61. The van der Waals surface area contributed by atoms with Crippen molar-refractivity contribution in [3.05, 3.63) is 58.8 Å². The van der Waals surface area contributed by atoms with Crippen LogP contribution in [-0.4, -0.2) is 49.9 Å². The van der Waals surface area contributed by atoms with Crippen LogP contribution in [0.3, 0.4) is 0 Å². The first-order chi connectivity index (χ1) is 15.3. The number of benzene rings is 1. The molecule has 32 heavy (non-hydrogen) atoms. The van der Waals surface area contributed by atoms with Crippen LogP contribution in [-0.2, 0) is 9.59 Å². The molecule has 1 saturated heterocycles. The summed E-state index contributed by atoms with van der Waals surface area (Å²) in [6, 6.07) is 7.91. The predicted octanol–water partition coefficient (Wildman–Crippen LogP) is 2.88. The summed E-state index contributed by atoms with van der Waals surface area (Å²) < 4.78 is 11.2. The predicted molar refractivity (Wildman–Crippen MR) is 122 cm³/mol. The van der Waals surface area contributed by atoms with Crippen LogP contribution < -0.4 is 14.9 Å². The quantitative estimate of drug-likeness (QED) is 0.441. The van der Waals surface area contributed by atoms with Gasteiger partial charge in [-0.1, -0.05) is 17.8 Å². The molecule has 1 aromatic heterocycles. The van der Waals surface area contributed by atoms with Gasteiger partial charge in [0.1, 0.15) is 0 Å². The zero-order chi connectivity index (χ0) is 23.3. The van der Waals surface area contributed by atoms with Crippen molar-refractivity contribution < 1.29 is 29.0 Å². The van der Waals surface area contributed by atoms with Crippen molar-refractivity contribution in [2.24, 2.45) is 0 Å². The topological polar surface area (TPSA) is 118 Å². The van der Waals surface area contributed by atoms with Gasteiger partial charge in [-0.05, 0) is 62.0 Å². The van der Waals surface area contributed by atoms with Crippen molar-refractivity contribution in [3.8, 4) is 11.5 Å². The van der Waals surface area contributed by atoms with E-state index in [1.807, 2.05) is 0 Å². The van der Waals surface area contributed by atoms with E-state index in [2.05, 4.69) is 10.4 Å². The van der Waals surface area contributed by atoms with Crippen LogP contribution in [0.1, 0.15) is 29.8 Å². The number of thioether (sulfide) groups is 1. The highest BCUT2D eigenvalue weighted by atomic mass is 32.2. The number of carbonyl (C=O) groups is 3. The summed E-state index contributed by atoms with van der Waals surface area (Å²) in [6.07, 6.45) is 3.49. The lowest BCUT2D eigenvalue weighted by Gasteiger charge is -2.15. The fourth-order valence-corrected chi connectivity index (χ4v) is 3.79. The Labute approximate surface area is 193 Å². The highest BCUT2D eigenvalue weighted by Crippen LogP contribution is 2.34. The molecule has 11 heteroatoms. The summed E-state index contributed by atoms with van der Waals surface area (Å²) in [4.78, 5) is 40.4. The minimum atomic E-state index is -1.10. The second-order valence-electron chi connectivity index (χ2n) is 6.43. The van der Waals surface area contributed by atoms with Crippen LogP contribution >= 0.6 is 24.0 Å². The molecule has 1 aliphatic rings. The lowest BCUT2D eigenvalue weighted by Crippen LogP contribution is -2.44. The van der Waals surface area contributed by atoms with E-state index >= 15 is 0 Å². The lowest BCUT2D eigenvalue weighted by atomic mass is 10.2. The molecule has 9 nitrogen and oxygen atoms in total. The number of hydrogen-bond donors (Lipinski definition) is 2. The number of carboxylic acid groups (broad SMARTS) is 1. The lowest BCUT2D eigenvalue weighted by molar-refractivity contribution is -0.144. The highest BCUT2D eigenvalue weighted by molar-refractivity contribution is 8.26. The van der Waals surface area contributed by atoms with Gasteiger partial charge in [-0.2, -0.15) is 5.01 Å². The Morgan fingerprint density at radius 2 is 2.00 bits per heavy atom. The molecular formula is C21H19N3O6S2. The number of ether oxygens (including phenoxy) is 2. The van der Waals surface area contributed by atoms with E-state index in [0.717, 1.165) is 16.8 Å². The second-order valence-corrected chi connectivity index (χ2v) is 8.11. The number of aromatic nitrogens is 1. The number of pyridine rings is 1. The maximum Gasteiger partial charge on any atom is 0.344 e. The van der Waals surface area contributed by atoms with Crippen LogP contribution in [0.5, 0.6) is 11.5 Å². The highest BCUT2D eigenvalue weighted by Gasteiger charge is 2.33. The van der Waals surface area contributed by atoms with Gasteiger partial charge in [-0.25, -0.2) is 4.79 Å². The molecule has 1 fully saturated rings. The number of nitrogens with zero attached hydrogens (tertiary/aromatic N) is 2. The molecule has 2 aromatic rings. The Morgan fingerprint density at radius 3 is 2.66 bits per heavy atom. The number of carboxylic acids is 1. The van der Waals surface area contributed by atoms with Gasteiger partial charge in [0.15, 0.2) is 21.9 Å². The molecule has 0 spiro atoms. The largest absolute Gasteiger partial charge is 0.490 e. The van der Waals surface area contributed by atoms with E-state index in [-0.39, 0.29) is 10.1 Å². The monoisotopic (exact) mass is 473 g/mol. The second kappa shape index (κ2) is 10.2. The number of hydrazine groups is 1. The smallest absolute Gasteiger partial charge is 0.344 e. The Morgan fingerprint density at radius 1 is 1.28 bits per heavy atom. The van der Waals surface area contributed by atoms with Gasteiger partial charge in [0.25, 0.3) is 11.8 Å². The molecule has 2 N–H and O–H groups in total. The Kier molecular flexibility index (Phi) is 7.44. The Bertz CT molecular complexity index is 1090. The number of hydrogen-bond acceptors (Lipinski definition) is 8. The van der Waals surface area contributed by atoms with Gasteiger partial charge in [0.2, 0.25) is 0 Å². The van der Waals surface area contributed by atoms with Gasteiger partial charge in [-0.15, -0.1) is 0 Å². The average molecular weight is 474 g/mol. The molecule has 1 aliphatic heterocycles. The molecule has 0 radical (unpaired) electrons. The third-order valence-corrected chi connectivity index (χ3v) is 5.47. The minimum Gasteiger partial charge on any atom is -0.490 e. The summed E-state index contributed by atoms with van der Waals surface area (Å²) in [5.41, 5.74) is 3.45. The number of amides is 2. The number of rotatable bonds is 8.